The number of benzene rings is 2. The molecule has 0 atom stereocenters. The van der Waals surface area contributed by atoms with Crippen LogP contribution in [-0.2, 0) is 6.54 Å². The summed E-state index contributed by atoms with van der Waals surface area (Å²) in [5, 5.41) is 3.93. The molecule has 0 radical (unpaired) electrons. The van der Waals surface area contributed by atoms with Crippen molar-refractivity contribution in [2.75, 3.05) is 11.9 Å². The zero-order valence-corrected chi connectivity index (χ0v) is 16.7. The van der Waals surface area contributed by atoms with Gasteiger partial charge in [0.15, 0.2) is 5.76 Å². The summed E-state index contributed by atoms with van der Waals surface area (Å²) in [7, 11) is 0. The highest BCUT2D eigenvalue weighted by Crippen LogP contribution is 2.32. The number of fused-ring (bicyclic) bond motifs is 1. The second-order valence-electron chi connectivity index (χ2n) is 7.06. The van der Waals surface area contributed by atoms with E-state index in [4.69, 9.17) is 9.15 Å². The molecule has 0 unspecified atom stereocenters. The zero-order chi connectivity index (χ0) is 20.4. The summed E-state index contributed by atoms with van der Waals surface area (Å²) in [4.78, 5) is 17.0. The lowest BCUT2D eigenvalue weighted by atomic mass is 10.0. The number of imidazole rings is 1. The first-order chi connectivity index (χ1) is 14.0. The van der Waals surface area contributed by atoms with Gasteiger partial charge in [0.05, 0.1) is 18.6 Å². The van der Waals surface area contributed by atoms with Gasteiger partial charge in [-0.05, 0) is 44.0 Å². The predicted molar refractivity (Wildman–Crippen MR) is 113 cm³/mol. The van der Waals surface area contributed by atoms with Gasteiger partial charge in [-0.25, -0.2) is 4.98 Å². The average molecular weight is 389 g/mol. The fourth-order valence-electron chi connectivity index (χ4n) is 3.45. The predicted octanol–water partition coefficient (Wildman–Crippen LogP) is 4.89. The van der Waals surface area contributed by atoms with Crippen LogP contribution in [0.25, 0.3) is 11.0 Å². The quantitative estimate of drug-likeness (QED) is 0.510. The Morgan fingerprint density at radius 3 is 2.69 bits per heavy atom. The number of carbonyl (C=O) groups excluding carboxylic acids is 1. The molecule has 2 heterocycles. The Bertz CT molecular complexity index is 1160. The van der Waals surface area contributed by atoms with Crippen LogP contribution in [0.15, 0.2) is 59.5 Å². The third-order valence-electron chi connectivity index (χ3n) is 4.99. The third-order valence-corrected chi connectivity index (χ3v) is 4.99. The molecule has 0 fully saturated rings. The van der Waals surface area contributed by atoms with Gasteiger partial charge in [0.1, 0.15) is 17.9 Å². The van der Waals surface area contributed by atoms with Crippen molar-refractivity contribution in [2.45, 2.75) is 27.3 Å². The topological polar surface area (TPSA) is 69.3 Å². The minimum absolute atomic E-state index is 0.289. The minimum Gasteiger partial charge on any atom is -0.490 e. The zero-order valence-electron chi connectivity index (χ0n) is 16.7. The number of para-hydroxylation sites is 2. The smallest absolute Gasteiger partial charge is 0.291 e. The van der Waals surface area contributed by atoms with Crippen molar-refractivity contribution in [3.8, 4) is 5.75 Å². The summed E-state index contributed by atoms with van der Waals surface area (Å²) in [5.74, 6) is 0.649. The molecule has 2 aromatic heterocycles. The highest BCUT2D eigenvalue weighted by atomic mass is 16.5. The van der Waals surface area contributed by atoms with E-state index in [9.17, 15) is 4.79 Å². The highest BCUT2D eigenvalue weighted by Gasteiger charge is 2.21. The van der Waals surface area contributed by atoms with E-state index in [1.54, 1.807) is 12.5 Å². The number of hydrogen-bond acceptors (Lipinski definition) is 4. The van der Waals surface area contributed by atoms with Gasteiger partial charge in [0.2, 0.25) is 0 Å². The summed E-state index contributed by atoms with van der Waals surface area (Å²) in [6.07, 6.45) is 5.35. The molecular formula is C23H23N3O3. The molecule has 6 nitrogen and oxygen atoms in total. The largest absolute Gasteiger partial charge is 0.490 e. The van der Waals surface area contributed by atoms with Crippen molar-refractivity contribution in [3.63, 3.8) is 0 Å². The summed E-state index contributed by atoms with van der Waals surface area (Å²) in [6, 6.07) is 11.4. The summed E-state index contributed by atoms with van der Waals surface area (Å²) < 4.78 is 13.8. The van der Waals surface area contributed by atoms with Gasteiger partial charge >= 0.3 is 0 Å². The van der Waals surface area contributed by atoms with E-state index in [0.717, 1.165) is 27.7 Å². The number of aryl methyl sites for hydroxylation is 3. The molecule has 6 heteroatoms. The van der Waals surface area contributed by atoms with E-state index in [2.05, 4.69) is 10.3 Å². The van der Waals surface area contributed by atoms with Crippen LogP contribution in [0.2, 0.25) is 0 Å². The van der Waals surface area contributed by atoms with Crippen molar-refractivity contribution in [3.05, 3.63) is 77.6 Å². The second-order valence-corrected chi connectivity index (χ2v) is 7.06. The molecule has 29 heavy (non-hydrogen) atoms. The minimum atomic E-state index is -0.289. The lowest BCUT2D eigenvalue weighted by Crippen LogP contribution is -2.14. The van der Waals surface area contributed by atoms with Crippen LogP contribution in [0.5, 0.6) is 5.75 Å². The number of anilines is 1. The second kappa shape index (κ2) is 7.83. The highest BCUT2D eigenvalue weighted by molar-refractivity contribution is 6.07. The molecule has 0 aliphatic carbocycles. The van der Waals surface area contributed by atoms with E-state index in [-0.39, 0.29) is 5.91 Å². The average Bonchev–Trinajstić information content (AvgIpc) is 3.35. The Balaban J connectivity index is 1.54. The molecule has 4 aromatic rings. The van der Waals surface area contributed by atoms with E-state index in [1.165, 1.54) is 0 Å². The van der Waals surface area contributed by atoms with Crippen molar-refractivity contribution >= 4 is 22.6 Å². The first kappa shape index (κ1) is 18.8. The summed E-state index contributed by atoms with van der Waals surface area (Å²) in [6.45, 7) is 7.06. The number of aromatic nitrogens is 2. The maximum Gasteiger partial charge on any atom is 0.291 e. The van der Waals surface area contributed by atoms with Gasteiger partial charge in [-0.2, -0.15) is 0 Å². The van der Waals surface area contributed by atoms with Gasteiger partial charge in [0.25, 0.3) is 5.91 Å². The van der Waals surface area contributed by atoms with Crippen molar-refractivity contribution < 1.29 is 13.9 Å². The van der Waals surface area contributed by atoms with Gasteiger partial charge in [-0.1, -0.05) is 24.3 Å². The van der Waals surface area contributed by atoms with Gasteiger partial charge in [0, 0.05) is 23.3 Å². The molecule has 0 bridgehead atoms. The Morgan fingerprint density at radius 2 is 1.93 bits per heavy atom. The maximum absolute atomic E-state index is 13.0. The number of ether oxygens (including phenoxy) is 1. The molecule has 0 aliphatic rings. The van der Waals surface area contributed by atoms with Gasteiger partial charge in [-0.15, -0.1) is 0 Å². The standard InChI is InChI=1S/C23H23N3O3/c1-15-8-9-16(2)21-20(15)17(3)22(29-21)23(27)25-18-6-4-5-7-19(18)28-13-12-26-11-10-24-14-26/h4-11,14H,12-13H2,1-3H3,(H,25,27). The number of nitrogens with one attached hydrogen (secondary N) is 1. The molecule has 1 amide bonds. The fraction of sp³-hybridized carbons (Fsp3) is 0.217. The molecule has 4 rings (SSSR count). The van der Waals surface area contributed by atoms with Crippen LogP contribution in [0.3, 0.4) is 0 Å². The first-order valence-corrected chi connectivity index (χ1v) is 9.53. The van der Waals surface area contributed by atoms with Gasteiger partial charge in [-0.3, -0.25) is 4.79 Å². The van der Waals surface area contributed by atoms with E-state index >= 15 is 0 Å². The molecule has 148 valence electrons. The Morgan fingerprint density at radius 1 is 1.14 bits per heavy atom. The number of carbonyl (C=O) groups is 1. The van der Waals surface area contributed by atoms with E-state index in [1.807, 2.05) is 67.9 Å². The molecule has 0 saturated heterocycles. The van der Waals surface area contributed by atoms with Crippen LogP contribution in [0.4, 0.5) is 5.69 Å². The summed E-state index contributed by atoms with van der Waals surface area (Å²) in [5.41, 5.74) is 4.32. The van der Waals surface area contributed by atoms with Crippen molar-refractivity contribution in [2.24, 2.45) is 0 Å². The van der Waals surface area contributed by atoms with E-state index in [0.29, 0.717) is 30.3 Å². The van der Waals surface area contributed by atoms with Crippen LogP contribution >= 0.6 is 0 Å². The van der Waals surface area contributed by atoms with Crippen LogP contribution in [0, 0.1) is 20.8 Å². The number of furan rings is 1. The fourth-order valence-corrected chi connectivity index (χ4v) is 3.45. The van der Waals surface area contributed by atoms with Gasteiger partial charge < -0.3 is 19.0 Å². The van der Waals surface area contributed by atoms with Crippen LogP contribution in [-0.4, -0.2) is 22.1 Å². The molecular weight excluding hydrogens is 366 g/mol. The molecule has 2 aromatic carbocycles. The number of nitrogens with zero attached hydrogens (tertiary/aromatic N) is 2. The van der Waals surface area contributed by atoms with Crippen LogP contribution in [0.1, 0.15) is 27.2 Å². The van der Waals surface area contributed by atoms with Crippen molar-refractivity contribution in [1.29, 1.82) is 0 Å². The first-order valence-electron chi connectivity index (χ1n) is 9.53. The number of rotatable bonds is 6. The maximum atomic E-state index is 13.0. The Kier molecular flexibility index (Phi) is 5.08. The SMILES string of the molecule is Cc1ccc(C)c2c(C)c(C(=O)Nc3ccccc3OCCn3ccnc3)oc12. The molecule has 0 spiro atoms. The molecule has 0 aliphatic heterocycles. The lowest BCUT2D eigenvalue weighted by molar-refractivity contribution is 0.0997. The van der Waals surface area contributed by atoms with E-state index < -0.39 is 0 Å². The summed E-state index contributed by atoms with van der Waals surface area (Å²) >= 11 is 0. The van der Waals surface area contributed by atoms with Crippen LogP contribution < -0.4 is 10.1 Å². The number of hydrogen-bond donors (Lipinski definition) is 1. The Hall–Kier alpha value is -3.54. The number of amides is 1. The lowest BCUT2D eigenvalue weighted by Gasteiger charge is -2.12. The normalized spacial score (nSPS) is 11.0. The Labute approximate surface area is 169 Å². The molecule has 0 saturated carbocycles. The third kappa shape index (κ3) is 3.74. The molecule has 1 N–H and O–H groups in total. The monoisotopic (exact) mass is 389 g/mol. The van der Waals surface area contributed by atoms with Crippen molar-refractivity contribution in [1.82, 2.24) is 9.55 Å².